The molecule has 0 amide bonds. The molecule has 1 unspecified atom stereocenters. The maximum atomic E-state index is 11.2. The third kappa shape index (κ3) is 2.08. The zero-order chi connectivity index (χ0) is 8.55. The van der Waals surface area contributed by atoms with Crippen LogP contribution in [0.1, 0.15) is 0 Å². The Kier molecular flexibility index (Phi) is 3.82. The van der Waals surface area contributed by atoms with Gasteiger partial charge in [-0.15, -0.1) is 0 Å². The normalized spacial score (nSPS) is 12.5. The molecular weight excluding hydrogens is 195 g/mol. The minimum absolute atomic E-state index is 0. The molecule has 0 bridgehead atoms. The molecular formula is C8H9N2NaOS. The third-order valence-electron chi connectivity index (χ3n) is 1.70. The number of para-hydroxylation sites is 2. The van der Waals surface area contributed by atoms with Crippen LogP contribution < -0.4 is 0 Å². The Bertz CT molecular complexity index is 402. The van der Waals surface area contributed by atoms with Crippen molar-refractivity contribution in [3.8, 4) is 0 Å². The van der Waals surface area contributed by atoms with Crippen molar-refractivity contribution in [2.24, 2.45) is 0 Å². The Labute approximate surface area is 102 Å². The van der Waals surface area contributed by atoms with Crippen molar-refractivity contribution in [3.05, 3.63) is 30.6 Å². The van der Waals surface area contributed by atoms with Crippen LogP contribution in [-0.2, 0) is 11.4 Å². The molecule has 3 nitrogen and oxygen atoms in total. The number of fused-ring (bicyclic) bond motifs is 1. The number of aromatic nitrogens is 2. The van der Waals surface area contributed by atoms with Gasteiger partial charge in [0.2, 0.25) is 0 Å². The Morgan fingerprint density at radius 3 is 2.77 bits per heavy atom. The summed E-state index contributed by atoms with van der Waals surface area (Å²) < 4.78 is 12.8. The van der Waals surface area contributed by atoms with Crippen molar-refractivity contribution < 1.29 is 4.55 Å². The van der Waals surface area contributed by atoms with Gasteiger partial charge in [0.15, 0.2) is 0 Å². The molecule has 0 saturated heterocycles. The summed E-state index contributed by atoms with van der Waals surface area (Å²) in [6.45, 7) is 0. The molecule has 2 rings (SSSR count). The van der Waals surface area contributed by atoms with E-state index in [4.69, 9.17) is 0 Å². The van der Waals surface area contributed by atoms with Crippen molar-refractivity contribution in [1.29, 1.82) is 0 Å². The quantitative estimate of drug-likeness (QED) is 0.502. The molecule has 0 saturated carbocycles. The number of hydrogen-bond acceptors (Lipinski definition) is 2. The zero-order valence-corrected chi connectivity index (χ0v) is 7.41. The molecule has 1 aromatic carbocycles. The number of rotatable bonds is 1. The summed E-state index contributed by atoms with van der Waals surface area (Å²) >= 11 is -1.02. The van der Waals surface area contributed by atoms with Gasteiger partial charge in [-0.2, -0.15) is 3.97 Å². The van der Waals surface area contributed by atoms with Crippen molar-refractivity contribution in [2.45, 2.75) is 0 Å². The molecule has 0 aliphatic carbocycles. The van der Waals surface area contributed by atoms with Gasteiger partial charge in [-0.25, -0.2) is 4.98 Å². The molecule has 0 N–H and O–H groups in total. The van der Waals surface area contributed by atoms with Crippen LogP contribution in [0.4, 0.5) is 0 Å². The van der Waals surface area contributed by atoms with Gasteiger partial charge in [0.05, 0.1) is 16.9 Å². The number of hydrogen-bond donors (Lipinski definition) is 0. The first-order chi connectivity index (χ1) is 5.79. The molecule has 0 aliphatic heterocycles. The van der Waals surface area contributed by atoms with Crippen LogP contribution >= 0.6 is 0 Å². The zero-order valence-electron chi connectivity index (χ0n) is 6.60. The average Bonchev–Trinajstić information content (AvgIpc) is 2.47. The summed E-state index contributed by atoms with van der Waals surface area (Å²) in [6.07, 6.45) is 3.23. The van der Waals surface area contributed by atoms with Crippen molar-refractivity contribution in [2.75, 3.05) is 6.26 Å². The van der Waals surface area contributed by atoms with E-state index in [1.165, 1.54) is 0 Å². The number of nitrogens with zero attached hydrogens (tertiary/aromatic N) is 2. The first kappa shape index (κ1) is 11.1. The number of imidazole rings is 1. The molecule has 0 fully saturated rings. The first-order valence-corrected chi connectivity index (χ1v) is 5.06. The van der Waals surface area contributed by atoms with Crippen LogP contribution in [0, 0.1) is 0 Å². The predicted octanol–water partition coefficient (Wildman–Crippen LogP) is 0.529. The fraction of sp³-hybridized carbons (Fsp3) is 0.125. The molecule has 1 heterocycles. The fourth-order valence-corrected chi connectivity index (χ4v) is 1.75. The molecule has 2 aromatic rings. The second kappa shape index (κ2) is 4.48. The molecule has 1 atom stereocenters. The van der Waals surface area contributed by atoms with E-state index in [2.05, 4.69) is 4.98 Å². The monoisotopic (exact) mass is 204 g/mol. The van der Waals surface area contributed by atoms with Crippen molar-refractivity contribution in [3.63, 3.8) is 0 Å². The van der Waals surface area contributed by atoms with Crippen LogP contribution in [0.3, 0.4) is 0 Å². The van der Waals surface area contributed by atoms with E-state index in [1.54, 1.807) is 16.6 Å². The summed E-state index contributed by atoms with van der Waals surface area (Å²) in [7, 11) is 0. The van der Waals surface area contributed by atoms with Crippen LogP contribution in [0.15, 0.2) is 30.6 Å². The summed E-state index contributed by atoms with van der Waals surface area (Å²) in [4.78, 5) is 4.11. The molecule has 0 aliphatic rings. The second-order valence-corrected chi connectivity index (χ2v) is 3.72. The summed E-state index contributed by atoms with van der Waals surface area (Å²) in [5.41, 5.74) is 1.80. The van der Waals surface area contributed by atoms with Gasteiger partial charge in [-0.3, -0.25) is 0 Å². The SMILES string of the molecule is C[S+]([O-])n1cnc2ccccc21.[NaH]. The second-order valence-electron chi connectivity index (χ2n) is 2.48. The van der Waals surface area contributed by atoms with Crippen LogP contribution in [-0.4, -0.2) is 49.3 Å². The van der Waals surface area contributed by atoms with Gasteiger partial charge in [0, 0.05) is 0 Å². The van der Waals surface area contributed by atoms with E-state index in [0.717, 1.165) is 11.0 Å². The van der Waals surface area contributed by atoms with E-state index in [-0.39, 0.29) is 29.6 Å². The van der Waals surface area contributed by atoms with E-state index in [1.807, 2.05) is 24.3 Å². The molecule has 0 radical (unpaired) electrons. The van der Waals surface area contributed by atoms with E-state index in [9.17, 15) is 4.55 Å². The van der Waals surface area contributed by atoms with Gasteiger partial charge in [0.1, 0.15) is 18.1 Å². The molecule has 64 valence electrons. The Morgan fingerprint density at radius 2 is 2.08 bits per heavy atom. The fourth-order valence-electron chi connectivity index (χ4n) is 1.14. The summed E-state index contributed by atoms with van der Waals surface area (Å²) in [5.74, 6) is 0. The Hall–Kier alpha value is 0. The van der Waals surface area contributed by atoms with E-state index < -0.39 is 11.4 Å². The third-order valence-corrected chi connectivity index (χ3v) is 2.54. The van der Waals surface area contributed by atoms with E-state index in [0.29, 0.717) is 0 Å². The summed E-state index contributed by atoms with van der Waals surface area (Å²) in [5, 5.41) is 0. The van der Waals surface area contributed by atoms with Crippen LogP contribution in [0.2, 0.25) is 0 Å². The Morgan fingerprint density at radius 1 is 1.38 bits per heavy atom. The molecule has 0 spiro atoms. The molecule has 1 aromatic heterocycles. The topological polar surface area (TPSA) is 40.9 Å². The molecule has 13 heavy (non-hydrogen) atoms. The average molecular weight is 204 g/mol. The van der Waals surface area contributed by atoms with Gasteiger partial charge in [-0.1, -0.05) is 12.1 Å². The summed E-state index contributed by atoms with van der Waals surface area (Å²) in [6, 6.07) is 7.63. The Balaban J connectivity index is 0.000000845. The standard InChI is InChI=1S/C8H8N2OS.Na.H/c1-12(11)10-6-9-7-4-2-3-5-8(7)10;;/h2-6H,1H3;;. The predicted molar refractivity (Wildman–Crippen MR) is 56.3 cm³/mol. The van der Waals surface area contributed by atoms with Gasteiger partial charge < -0.3 is 4.55 Å². The van der Waals surface area contributed by atoms with Gasteiger partial charge in [-0.05, 0) is 12.1 Å². The van der Waals surface area contributed by atoms with Gasteiger partial charge in [0.25, 0.3) is 0 Å². The molecule has 5 heteroatoms. The van der Waals surface area contributed by atoms with Gasteiger partial charge >= 0.3 is 29.6 Å². The first-order valence-electron chi connectivity index (χ1n) is 3.55. The van der Waals surface area contributed by atoms with Crippen molar-refractivity contribution in [1.82, 2.24) is 8.96 Å². The maximum absolute atomic E-state index is 11.2. The van der Waals surface area contributed by atoms with Crippen LogP contribution in [0.5, 0.6) is 0 Å². The number of benzene rings is 1. The van der Waals surface area contributed by atoms with E-state index >= 15 is 0 Å². The van der Waals surface area contributed by atoms with Crippen LogP contribution in [0.25, 0.3) is 11.0 Å². The van der Waals surface area contributed by atoms with Crippen molar-refractivity contribution >= 4 is 52.0 Å². The minimum atomic E-state index is -1.02.